The van der Waals surface area contributed by atoms with Crippen molar-refractivity contribution in [2.75, 3.05) is 13.6 Å². The topological polar surface area (TPSA) is 23.5 Å². The van der Waals surface area contributed by atoms with Crippen LogP contribution >= 0.6 is 0 Å². The maximum atomic E-state index is 14.4. The van der Waals surface area contributed by atoms with Gasteiger partial charge in [-0.25, -0.2) is 8.78 Å². The lowest BCUT2D eigenvalue weighted by atomic mass is 9.82. The summed E-state index contributed by atoms with van der Waals surface area (Å²) >= 11 is 0. The zero-order chi connectivity index (χ0) is 18.0. The van der Waals surface area contributed by atoms with Crippen LogP contribution in [0.15, 0.2) is 42.1 Å². The van der Waals surface area contributed by atoms with Gasteiger partial charge in [-0.2, -0.15) is 0 Å². The Hall–Kier alpha value is -1.90. The zero-order valence-corrected chi connectivity index (χ0v) is 15.5. The summed E-state index contributed by atoms with van der Waals surface area (Å²) in [7, 11) is 0.231. The third-order valence-electron chi connectivity index (χ3n) is 3.77. The maximum absolute atomic E-state index is 14.4. The second-order valence-electron chi connectivity index (χ2n) is 7.16. The predicted octanol–water partition coefficient (Wildman–Crippen LogP) is 3.81. The summed E-state index contributed by atoms with van der Waals surface area (Å²) < 4.78 is 28.0. The van der Waals surface area contributed by atoms with E-state index in [1.807, 2.05) is 18.1 Å². The Labute approximate surface area is 143 Å². The summed E-state index contributed by atoms with van der Waals surface area (Å²) in [6.07, 6.45) is 5.43. The number of hydrogen-bond acceptors (Lipinski definition) is 2. The fraction of sp³-hybridized carbons (Fsp3) is 0.368. The van der Waals surface area contributed by atoms with E-state index in [9.17, 15) is 13.9 Å². The van der Waals surface area contributed by atoms with Gasteiger partial charge in [0.15, 0.2) is 0 Å². The standard InChI is InChI=1S/C19H23F2NOSi/c1-22-11-5-7-15(14-22)19(23,10-6-12-24(2,3)4)17-13-16(20)8-9-18(17)21/h5,7-9,11,13,23H,10,14H2,1-4H3. The molecule has 1 aliphatic rings. The van der Waals surface area contributed by atoms with Crippen molar-refractivity contribution in [3.8, 4) is 11.5 Å². The molecule has 1 N–H and O–H groups in total. The van der Waals surface area contributed by atoms with Crippen molar-refractivity contribution in [3.05, 3.63) is 59.3 Å². The molecule has 1 aromatic rings. The van der Waals surface area contributed by atoms with Crippen LogP contribution in [0.4, 0.5) is 8.78 Å². The molecule has 0 aromatic heterocycles. The Balaban J connectivity index is 2.52. The number of likely N-dealkylation sites (N-methyl/N-ethyl adjacent to an activating group) is 1. The predicted molar refractivity (Wildman–Crippen MR) is 95.8 cm³/mol. The molecule has 0 bridgehead atoms. The largest absolute Gasteiger partial charge is 0.380 e. The molecule has 0 aliphatic carbocycles. The maximum Gasteiger partial charge on any atom is 0.129 e. The van der Waals surface area contributed by atoms with Gasteiger partial charge in [-0.15, -0.1) is 11.5 Å². The molecule has 0 saturated carbocycles. The van der Waals surface area contributed by atoms with Gasteiger partial charge >= 0.3 is 0 Å². The Morgan fingerprint density at radius 3 is 2.62 bits per heavy atom. The van der Waals surface area contributed by atoms with Gasteiger partial charge in [0.05, 0.1) is 0 Å². The molecule has 0 saturated heterocycles. The Morgan fingerprint density at radius 2 is 2.00 bits per heavy atom. The monoisotopic (exact) mass is 347 g/mol. The second kappa shape index (κ2) is 6.92. The van der Waals surface area contributed by atoms with Crippen molar-refractivity contribution in [2.45, 2.75) is 31.7 Å². The number of hydrogen-bond donors (Lipinski definition) is 1. The molecule has 1 heterocycles. The van der Waals surface area contributed by atoms with Crippen LogP contribution in [-0.4, -0.2) is 31.7 Å². The molecular weight excluding hydrogens is 324 g/mol. The van der Waals surface area contributed by atoms with Crippen molar-refractivity contribution in [1.29, 1.82) is 0 Å². The van der Waals surface area contributed by atoms with E-state index in [2.05, 4.69) is 31.1 Å². The lowest BCUT2D eigenvalue weighted by molar-refractivity contribution is 0.0710. The molecule has 0 radical (unpaired) electrons. The normalized spacial score (nSPS) is 17.0. The van der Waals surface area contributed by atoms with Gasteiger partial charge in [-0.3, -0.25) is 0 Å². The number of nitrogens with zero attached hydrogens (tertiary/aromatic N) is 1. The smallest absolute Gasteiger partial charge is 0.129 e. The van der Waals surface area contributed by atoms with Crippen LogP contribution in [0.25, 0.3) is 0 Å². The molecule has 1 aliphatic heterocycles. The molecule has 0 fully saturated rings. The molecule has 0 spiro atoms. The molecule has 1 aromatic carbocycles. The summed E-state index contributed by atoms with van der Waals surface area (Å²) in [5.74, 6) is 1.80. The van der Waals surface area contributed by atoms with Crippen LogP contribution in [0.5, 0.6) is 0 Å². The van der Waals surface area contributed by atoms with Gasteiger partial charge in [-0.05, 0) is 36.0 Å². The summed E-state index contributed by atoms with van der Waals surface area (Å²) in [4.78, 5) is 1.88. The molecule has 128 valence electrons. The quantitative estimate of drug-likeness (QED) is 0.664. The number of rotatable bonds is 3. The lowest BCUT2D eigenvalue weighted by Crippen LogP contribution is -2.35. The Morgan fingerprint density at radius 1 is 1.29 bits per heavy atom. The van der Waals surface area contributed by atoms with E-state index in [-0.39, 0.29) is 12.0 Å². The van der Waals surface area contributed by atoms with Gasteiger partial charge in [-0.1, -0.05) is 25.7 Å². The lowest BCUT2D eigenvalue weighted by Gasteiger charge is -2.34. The Bertz CT molecular complexity index is 740. The van der Waals surface area contributed by atoms with Crippen LogP contribution < -0.4 is 0 Å². The summed E-state index contributed by atoms with van der Waals surface area (Å²) in [5.41, 5.74) is 2.06. The molecule has 2 rings (SSSR count). The fourth-order valence-electron chi connectivity index (χ4n) is 2.58. The van der Waals surface area contributed by atoms with E-state index in [1.54, 1.807) is 12.2 Å². The third-order valence-corrected chi connectivity index (χ3v) is 4.70. The van der Waals surface area contributed by atoms with Crippen LogP contribution in [0.2, 0.25) is 19.6 Å². The van der Waals surface area contributed by atoms with E-state index >= 15 is 0 Å². The van der Waals surface area contributed by atoms with Crippen molar-refractivity contribution >= 4 is 8.07 Å². The van der Waals surface area contributed by atoms with E-state index in [4.69, 9.17) is 0 Å². The van der Waals surface area contributed by atoms with Gasteiger partial charge in [0.1, 0.15) is 25.3 Å². The van der Waals surface area contributed by atoms with Crippen LogP contribution in [0, 0.1) is 23.1 Å². The molecule has 1 atom stereocenters. The van der Waals surface area contributed by atoms with E-state index in [1.165, 1.54) is 0 Å². The van der Waals surface area contributed by atoms with Crippen LogP contribution in [0.3, 0.4) is 0 Å². The average molecular weight is 347 g/mol. The minimum Gasteiger partial charge on any atom is -0.380 e. The van der Waals surface area contributed by atoms with Crippen molar-refractivity contribution < 1.29 is 13.9 Å². The van der Waals surface area contributed by atoms with Gasteiger partial charge < -0.3 is 10.0 Å². The molecule has 2 nitrogen and oxygen atoms in total. The summed E-state index contributed by atoms with van der Waals surface area (Å²) in [6.45, 7) is 6.71. The average Bonchev–Trinajstić information content (AvgIpc) is 2.48. The number of aliphatic hydroxyl groups is 1. The second-order valence-corrected chi connectivity index (χ2v) is 11.9. The first kappa shape index (κ1) is 18.4. The van der Waals surface area contributed by atoms with Gasteiger partial charge in [0.2, 0.25) is 0 Å². The minimum atomic E-state index is -1.65. The first-order valence-corrected chi connectivity index (χ1v) is 11.4. The van der Waals surface area contributed by atoms with Crippen molar-refractivity contribution in [1.82, 2.24) is 4.90 Å². The SMILES string of the molecule is CN1C=CC=C(C(O)(CC#C[Si](C)(C)C)c2cc(F)ccc2F)C1. The molecule has 24 heavy (non-hydrogen) atoms. The highest BCUT2D eigenvalue weighted by Crippen LogP contribution is 2.36. The molecule has 5 heteroatoms. The summed E-state index contributed by atoms with van der Waals surface area (Å²) in [5, 5.41) is 11.3. The minimum absolute atomic E-state index is 0.0329. The molecule has 0 amide bonds. The van der Waals surface area contributed by atoms with Gasteiger partial charge in [0, 0.05) is 25.6 Å². The first-order chi connectivity index (χ1) is 11.1. The summed E-state index contributed by atoms with van der Waals surface area (Å²) in [6, 6.07) is 3.16. The van der Waals surface area contributed by atoms with Crippen LogP contribution in [0.1, 0.15) is 12.0 Å². The number of allylic oxidation sites excluding steroid dienone is 2. The molecular formula is C19H23F2NOSi. The number of halogens is 2. The third kappa shape index (κ3) is 4.34. The van der Waals surface area contributed by atoms with Gasteiger partial charge in [0.25, 0.3) is 0 Å². The fourth-order valence-corrected chi connectivity index (χ4v) is 3.20. The highest BCUT2D eigenvalue weighted by atomic mass is 28.3. The Kier molecular flexibility index (Phi) is 5.31. The highest BCUT2D eigenvalue weighted by molar-refractivity contribution is 6.83. The van der Waals surface area contributed by atoms with E-state index in [0.29, 0.717) is 12.1 Å². The molecule has 1 unspecified atom stereocenters. The first-order valence-electron chi connectivity index (χ1n) is 7.88. The van der Waals surface area contributed by atoms with Crippen molar-refractivity contribution in [2.24, 2.45) is 0 Å². The highest BCUT2D eigenvalue weighted by Gasteiger charge is 2.36. The zero-order valence-electron chi connectivity index (χ0n) is 14.5. The number of benzene rings is 1. The van der Waals surface area contributed by atoms with Crippen LogP contribution in [-0.2, 0) is 5.60 Å². The van der Waals surface area contributed by atoms with E-state index < -0.39 is 25.3 Å². The van der Waals surface area contributed by atoms with Crippen molar-refractivity contribution in [3.63, 3.8) is 0 Å². The van der Waals surface area contributed by atoms with E-state index in [0.717, 1.165) is 18.2 Å².